The third-order valence-electron chi connectivity index (χ3n) is 4.41. The van der Waals surface area contributed by atoms with Crippen molar-refractivity contribution in [3.63, 3.8) is 0 Å². The van der Waals surface area contributed by atoms with E-state index in [9.17, 15) is 9.18 Å². The van der Waals surface area contributed by atoms with Gasteiger partial charge in [-0.15, -0.1) is 0 Å². The first-order valence-corrected chi connectivity index (χ1v) is 8.38. The van der Waals surface area contributed by atoms with Crippen LogP contribution in [0.5, 0.6) is 5.75 Å². The first kappa shape index (κ1) is 17.0. The normalized spacial score (nSPS) is 12.5. The van der Waals surface area contributed by atoms with E-state index in [0.717, 1.165) is 16.7 Å². The number of amidine groups is 1. The minimum atomic E-state index is -0.316. The van der Waals surface area contributed by atoms with E-state index in [-0.39, 0.29) is 11.7 Å². The average molecular weight is 364 g/mol. The number of fused-ring (bicyclic) bond motifs is 1. The molecule has 0 atom stereocenters. The number of aromatic nitrogens is 2. The van der Waals surface area contributed by atoms with Crippen LogP contribution in [0, 0.1) is 5.82 Å². The standard InChI is InChI=1S/C20H17FN4O2/c1-25-11-13(10-22-25)20(26)24-18-9-16-17(27-2)7-6-15(19(16)23-18)12-4-3-5-14(21)8-12/h3-8,10-11H,9H2,1-2H3,(H,23,24,26). The molecular formula is C20H17FN4O2. The summed E-state index contributed by atoms with van der Waals surface area (Å²) in [6.07, 6.45) is 3.56. The largest absolute Gasteiger partial charge is 0.496 e. The number of benzene rings is 2. The van der Waals surface area contributed by atoms with Gasteiger partial charge in [0.15, 0.2) is 0 Å². The number of aryl methyl sites for hydroxylation is 1. The summed E-state index contributed by atoms with van der Waals surface area (Å²) in [6, 6.07) is 10.0. The molecule has 0 radical (unpaired) electrons. The Morgan fingerprint density at radius 3 is 2.85 bits per heavy atom. The number of ether oxygens (including phenoxy) is 1. The Hall–Kier alpha value is -3.48. The van der Waals surface area contributed by atoms with Crippen molar-refractivity contribution in [2.75, 3.05) is 7.11 Å². The fourth-order valence-corrected chi connectivity index (χ4v) is 3.15. The Morgan fingerprint density at radius 1 is 1.30 bits per heavy atom. The van der Waals surface area contributed by atoms with Crippen molar-refractivity contribution in [3.05, 3.63) is 65.7 Å². The molecule has 0 unspecified atom stereocenters. The lowest BCUT2D eigenvalue weighted by Crippen LogP contribution is -2.30. The Labute approximate surface area is 155 Å². The molecule has 1 N–H and O–H groups in total. The monoisotopic (exact) mass is 364 g/mol. The lowest BCUT2D eigenvalue weighted by Gasteiger charge is -2.11. The maximum absolute atomic E-state index is 13.7. The quantitative estimate of drug-likeness (QED) is 0.776. The molecule has 2 aromatic carbocycles. The summed E-state index contributed by atoms with van der Waals surface area (Å²) in [6.45, 7) is 0. The highest BCUT2D eigenvalue weighted by Gasteiger charge is 2.24. The summed E-state index contributed by atoms with van der Waals surface area (Å²) in [5.41, 5.74) is 3.50. The van der Waals surface area contributed by atoms with Crippen molar-refractivity contribution < 1.29 is 13.9 Å². The van der Waals surface area contributed by atoms with Gasteiger partial charge in [-0.3, -0.25) is 9.48 Å². The Morgan fingerprint density at radius 2 is 2.15 bits per heavy atom. The number of nitrogens with one attached hydrogen (secondary N) is 1. The zero-order valence-corrected chi connectivity index (χ0v) is 14.9. The van der Waals surface area contributed by atoms with E-state index in [1.165, 1.54) is 18.3 Å². The third kappa shape index (κ3) is 3.19. The van der Waals surface area contributed by atoms with Crippen LogP contribution in [0.2, 0.25) is 0 Å². The molecule has 0 bridgehead atoms. The minimum absolute atomic E-state index is 0.277. The number of carbonyl (C=O) groups excluding carboxylic acids is 1. The molecule has 136 valence electrons. The van der Waals surface area contributed by atoms with Gasteiger partial charge < -0.3 is 10.1 Å². The second kappa shape index (κ2) is 6.68. The molecule has 27 heavy (non-hydrogen) atoms. The molecule has 0 spiro atoms. The number of methoxy groups -OCH3 is 1. The van der Waals surface area contributed by atoms with Crippen LogP contribution < -0.4 is 10.1 Å². The number of hydrogen-bond donors (Lipinski definition) is 1. The van der Waals surface area contributed by atoms with Gasteiger partial charge in [-0.05, 0) is 29.8 Å². The van der Waals surface area contributed by atoms with Gasteiger partial charge in [-0.2, -0.15) is 5.10 Å². The van der Waals surface area contributed by atoms with E-state index in [1.54, 1.807) is 31.1 Å². The number of aliphatic imine (C=N–C) groups is 1. The highest BCUT2D eigenvalue weighted by Crippen LogP contribution is 2.42. The number of carbonyl (C=O) groups is 1. The lowest BCUT2D eigenvalue weighted by atomic mass is 9.99. The summed E-state index contributed by atoms with van der Waals surface area (Å²) < 4.78 is 20.7. The molecule has 4 rings (SSSR count). The minimum Gasteiger partial charge on any atom is -0.496 e. The van der Waals surface area contributed by atoms with Gasteiger partial charge in [-0.25, -0.2) is 9.38 Å². The molecule has 7 heteroatoms. The summed E-state index contributed by atoms with van der Waals surface area (Å²) in [7, 11) is 3.33. The van der Waals surface area contributed by atoms with Gasteiger partial charge in [0, 0.05) is 30.8 Å². The summed E-state index contributed by atoms with van der Waals surface area (Å²) in [5, 5.41) is 6.83. The van der Waals surface area contributed by atoms with Crippen LogP contribution in [0.4, 0.5) is 10.1 Å². The van der Waals surface area contributed by atoms with Gasteiger partial charge in [-0.1, -0.05) is 12.1 Å². The number of nitrogens with zero attached hydrogens (tertiary/aromatic N) is 3. The van der Waals surface area contributed by atoms with Crippen LogP contribution in [-0.2, 0) is 13.5 Å². The number of amides is 1. The van der Waals surface area contributed by atoms with Gasteiger partial charge in [0.2, 0.25) is 0 Å². The molecule has 6 nitrogen and oxygen atoms in total. The van der Waals surface area contributed by atoms with Gasteiger partial charge in [0.1, 0.15) is 17.4 Å². The third-order valence-corrected chi connectivity index (χ3v) is 4.41. The van der Waals surface area contributed by atoms with Gasteiger partial charge in [0.05, 0.1) is 24.6 Å². The molecule has 1 amide bonds. The molecule has 0 aliphatic carbocycles. The van der Waals surface area contributed by atoms with Crippen LogP contribution >= 0.6 is 0 Å². The Balaban J connectivity index is 1.70. The van der Waals surface area contributed by atoms with Crippen molar-refractivity contribution in [2.24, 2.45) is 12.0 Å². The summed E-state index contributed by atoms with van der Waals surface area (Å²) in [4.78, 5) is 17.0. The molecule has 3 aromatic rings. The Bertz CT molecular complexity index is 1070. The molecular weight excluding hydrogens is 347 g/mol. The highest BCUT2D eigenvalue weighted by atomic mass is 19.1. The maximum Gasteiger partial charge on any atom is 0.259 e. The van der Waals surface area contributed by atoms with Crippen LogP contribution in [0.15, 0.2) is 53.8 Å². The summed E-state index contributed by atoms with van der Waals surface area (Å²) in [5.74, 6) is 0.602. The van der Waals surface area contributed by atoms with Crippen LogP contribution in [-0.4, -0.2) is 28.6 Å². The van der Waals surface area contributed by atoms with Crippen LogP contribution in [0.25, 0.3) is 11.1 Å². The molecule has 1 aromatic heterocycles. The van der Waals surface area contributed by atoms with E-state index in [2.05, 4.69) is 15.4 Å². The fraction of sp³-hybridized carbons (Fsp3) is 0.150. The van der Waals surface area contributed by atoms with E-state index in [1.807, 2.05) is 18.2 Å². The van der Waals surface area contributed by atoms with Crippen molar-refractivity contribution >= 4 is 17.4 Å². The topological polar surface area (TPSA) is 68.5 Å². The van der Waals surface area contributed by atoms with Crippen molar-refractivity contribution in [3.8, 4) is 16.9 Å². The molecule has 0 saturated heterocycles. The fourth-order valence-electron chi connectivity index (χ4n) is 3.15. The van der Waals surface area contributed by atoms with E-state index in [0.29, 0.717) is 29.3 Å². The van der Waals surface area contributed by atoms with Crippen molar-refractivity contribution in [2.45, 2.75) is 6.42 Å². The van der Waals surface area contributed by atoms with Crippen LogP contribution in [0.1, 0.15) is 15.9 Å². The zero-order valence-electron chi connectivity index (χ0n) is 14.9. The molecule has 1 aliphatic rings. The van der Waals surface area contributed by atoms with Crippen molar-refractivity contribution in [1.82, 2.24) is 15.1 Å². The summed E-state index contributed by atoms with van der Waals surface area (Å²) >= 11 is 0. The average Bonchev–Trinajstić information content (AvgIpc) is 3.27. The van der Waals surface area contributed by atoms with Crippen molar-refractivity contribution in [1.29, 1.82) is 0 Å². The molecule has 2 heterocycles. The smallest absolute Gasteiger partial charge is 0.259 e. The van der Waals surface area contributed by atoms with Crippen LogP contribution in [0.3, 0.4) is 0 Å². The predicted octanol–water partition coefficient (Wildman–Crippen LogP) is 3.25. The van der Waals surface area contributed by atoms with Gasteiger partial charge in [0.25, 0.3) is 5.91 Å². The molecule has 1 aliphatic heterocycles. The first-order chi connectivity index (χ1) is 13.0. The van der Waals surface area contributed by atoms with E-state index in [4.69, 9.17) is 4.74 Å². The Kier molecular flexibility index (Phi) is 4.19. The second-order valence-corrected chi connectivity index (χ2v) is 6.24. The molecule has 0 fully saturated rings. The predicted molar refractivity (Wildman–Crippen MR) is 99.9 cm³/mol. The molecule has 0 saturated carbocycles. The van der Waals surface area contributed by atoms with Gasteiger partial charge >= 0.3 is 0 Å². The SMILES string of the molecule is COc1ccc(-c2cccc(F)c2)c2c1CC(NC(=O)c1cnn(C)c1)=N2. The zero-order chi connectivity index (χ0) is 19.0. The highest BCUT2D eigenvalue weighted by molar-refractivity contribution is 6.10. The number of rotatable bonds is 3. The second-order valence-electron chi connectivity index (χ2n) is 6.24. The van der Waals surface area contributed by atoms with E-state index >= 15 is 0 Å². The first-order valence-electron chi connectivity index (χ1n) is 8.38. The maximum atomic E-state index is 13.7. The lowest BCUT2D eigenvalue weighted by molar-refractivity contribution is 0.0976. The van der Waals surface area contributed by atoms with E-state index < -0.39 is 0 Å². The number of halogens is 1. The number of hydrogen-bond acceptors (Lipinski definition) is 4.